The third kappa shape index (κ3) is 3.44. The van der Waals surface area contributed by atoms with Gasteiger partial charge in [0.25, 0.3) is 10.0 Å². The molecule has 2 aromatic carbocycles. The van der Waals surface area contributed by atoms with Crippen LogP contribution in [0.5, 0.6) is 0 Å². The predicted molar refractivity (Wildman–Crippen MR) is 82.3 cm³/mol. The summed E-state index contributed by atoms with van der Waals surface area (Å²) in [4.78, 5) is -0.0396. The molecule has 6 heteroatoms. The summed E-state index contributed by atoms with van der Waals surface area (Å²) in [5.41, 5.74) is 0.340. The van der Waals surface area contributed by atoms with Gasteiger partial charge >= 0.3 is 0 Å². The number of anilines is 1. The molecule has 0 amide bonds. The smallest absolute Gasteiger partial charge is 0.262 e. The molecule has 2 rings (SSSR count). The lowest BCUT2D eigenvalue weighted by atomic mass is 9.99. The van der Waals surface area contributed by atoms with Crippen LogP contribution < -0.4 is 4.72 Å². The Morgan fingerprint density at radius 1 is 1.05 bits per heavy atom. The van der Waals surface area contributed by atoms with E-state index in [0.29, 0.717) is 5.92 Å². The molecule has 2 aromatic rings. The average molecular weight is 325 g/mol. The van der Waals surface area contributed by atoms with Crippen molar-refractivity contribution in [1.82, 2.24) is 0 Å². The number of hydrogen-bond donors (Lipinski definition) is 1. The average Bonchev–Trinajstić information content (AvgIpc) is 2.50. The molecule has 0 unspecified atom stereocenters. The van der Waals surface area contributed by atoms with Crippen LogP contribution >= 0.6 is 0 Å². The van der Waals surface area contributed by atoms with E-state index in [2.05, 4.69) is 0 Å². The molecule has 1 N–H and O–H groups in total. The molecule has 0 aliphatic carbocycles. The zero-order chi connectivity index (χ0) is 16.3. The van der Waals surface area contributed by atoms with Crippen molar-refractivity contribution in [3.05, 3.63) is 59.7 Å². The third-order valence-electron chi connectivity index (χ3n) is 3.57. The fourth-order valence-electron chi connectivity index (χ4n) is 2.00. The second-order valence-electron chi connectivity index (χ2n) is 5.08. The minimum atomic E-state index is -4.04. The Hall–Kier alpha value is -1.95. The zero-order valence-corrected chi connectivity index (χ0v) is 13.1. The van der Waals surface area contributed by atoms with Gasteiger partial charge in [-0.15, -0.1) is 0 Å². The second kappa shape index (κ2) is 6.44. The van der Waals surface area contributed by atoms with Gasteiger partial charge in [-0.25, -0.2) is 17.2 Å². The van der Waals surface area contributed by atoms with Crippen molar-refractivity contribution in [3.8, 4) is 0 Å². The molecule has 118 valence electrons. The van der Waals surface area contributed by atoms with Crippen molar-refractivity contribution in [2.24, 2.45) is 0 Å². The maximum Gasteiger partial charge on any atom is 0.262 e. The fraction of sp³-hybridized carbons (Fsp3) is 0.250. The van der Waals surface area contributed by atoms with Crippen molar-refractivity contribution in [1.29, 1.82) is 0 Å². The highest BCUT2D eigenvalue weighted by molar-refractivity contribution is 7.92. The van der Waals surface area contributed by atoms with Crippen LogP contribution in [0, 0.1) is 11.6 Å². The summed E-state index contributed by atoms with van der Waals surface area (Å²) in [6.45, 7) is 4.08. The molecular formula is C16H17F2NO2S. The summed E-state index contributed by atoms with van der Waals surface area (Å²) in [7, 11) is -4.04. The second-order valence-corrected chi connectivity index (χ2v) is 6.76. The Labute approximate surface area is 129 Å². The van der Waals surface area contributed by atoms with Crippen LogP contribution in [0.15, 0.2) is 47.4 Å². The molecule has 0 spiro atoms. The zero-order valence-electron chi connectivity index (χ0n) is 12.3. The molecule has 0 aliphatic rings. The first-order valence-electron chi connectivity index (χ1n) is 6.92. The van der Waals surface area contributed by atoms with Crippen LogP contribution in [0.4, 0.5) is 14.5 Å². The molecule has 0 fully saturated rings. The van der Waals surface area contributed by atoms with E-state index in [1.165, 1.54) is 18.2 Å². The van der Waals surface area contributed by atoms with E-state index in [0.717, 1.165) is 24.1 Å². The summed E-state index contributed by atoms with van der Waals surface area (Å²) in [5.74, 6) is -1.60. The number of rotatable bonds is 5. The van der Waals surface area contributed by atoms with Gasteiger partial charge in [0, 0.05) is 0 Å². The van der Waals surface area contributed by atoms with E-state index in [1.54, 1.807) is 12.1 Å². The molecule has 3 nitrogen and oxygen atoms in total. The van der Waals surface area contributed by atoms with Gasteiger partial charge in [0.2, 0.25) is 0 Å². The summed E-state index contributed by atoms with van der Waals surface area (Å²) < 4.78 is 53.5. The van der Waals surface area contributed by atoms with Crippen LogP contribution in [0.1, 0.15) is 31.7 Å². The van der Waals surface area contributed by atoms with Gasteiger partial charge in [-0.05, 0) is 42.2 Å². The third-order valence-corrected chi connectivity index (χ3v) is 4.94. The van der Waals surface area contributed by atoms with Crippen LogP contribution in [-0.4, -0.2) is 8.42 Å². The highest BCUT2D eigenvalue weighted by atomic mass is 32.2. The van der Waals surface area contributed by atoms with Gasteiger partial charge in [0.1, 0.15) is 17.3 Å². The van der Waals surface area contributed by atoms with E-state index >= 15 is 0 Å². The Bertz CT molecular complexity index is 738. The first-order chi connectivity index (χ1) is 10.3. The minimum Gasteiger partial charge on any atom is -0.274 e. The first kappa shape index (κ1) is 16.4. The van der Waals surface area contributed by atoms with Crippen LogP contribution in [0.25, 0.3) is 0 Å². The number of para-hydroxylation sites is 1. The number of sulfonamides is 1. The molecule has 0 radical (unpaired) electrons. The van der Waals surface area contributed by atoms with Gasteiger partial charge in [-0.1, -0.05) is 32.0 Å². The Balaban J connectivity index is 2.31. The highest BCUT2D eigenvalue weighted by Crippen LogP contribution is 2.24. The standard InChI is InChI=1S/C16H17F2NO2S/c1-3-11(2)12-7-9-13(10-8-12)22(20,21)19-16-14(17)5-4-6-15(16)18/h4-11,19H,3H2,1-2H3/t11-/m0/s1. The van der Waals surface area contributed by atoms with E-state index in [4.69, 9.17) is 0 Å². The first-order valence-corrected chi connectivity index (χ1v) is 8.40. The van der Waals surface area contributed by atoms with Crippen LogP contribution in [0.3, 0.4) is 0 Å². The van der Waals surface area contributed by atoms with Gasteiger partial charge in [-0.2, -0.15) is 0 Å². The summed E-state index contributed by atoms with van der Waals surface area (Å²) >= 11 is 0. The summed E-state index contributed by atoms with van der Waals surface area (Å²) in [6, 6.07) is 9.44. The van der Waals surface area contributed by atoms with Crippen molar-refractivity contribution in [2.75, 3.05) is 4.72 Å². The number of hydrogen-bond acceptors (Lipinski definition) is 2. The van der Waals surface area contributed by atoms with E-state index in [-0.39, 0.29) is 4.90 Å². The maximum absolute atomic E-state index is 13.5. The Kier molecular flexibility index (Phi) is 4.81. The molecule has 0 heterocycles. The van der Waals surface area contributed by atoms with Gasteiger partial charge in [-0.3, -0.25) is 4.72 Å². The normalized spacial score (nSPS) is 12.9. The van der Waals surface area contributed by atoms with Crippen LogP contribution in [0.2, 0.25) is 0 Å². The number of nitrogens with one attached hydrogen (secondary N) is 1. The molecule has 0 bridgehead atoms. The molecule has 0 saturated heterocycles. The van der Waals surface area contributed by atoms with Crippen molar-refractivity contribution in [3.63, 3.8) is 0 Å². The molecular weight excluding hydrogens is 308 g/mol. The lowest BCUT2D eigenvalue weighted by Gasteiger charge is -2.12. The van der Waals surface area contributed by atoms with Gasteiger partial charge < -0.3 is 0 Å². The SMILES string of the molecule is CC[C@H](C)c1ccc(S(=O)(=O)Nc2c(F)cccc2F)cc1. The summed E-state index contributed by atoms with van der Waals surface area (Å²) in [5, 5.41) is 0. The summed E-state index contributed by atoms with van der Waals surface area (Å²) in [6.07, 6.45) is 0.935. The van der Waals surface area contributed by atoms with Crippen molar-refractivity contribution in [2.45, 2.75) is 31.1 Å². The largest absolute Gasteiger partial charge is 0.274 e. The lowest BCUT2D eigenvalue weighted by Crippen LogP contribution is -2.15. The van der Waals surface area contributed by atoms with Crippen molar-refractivity contribution >= 4 is 15.7 Å². The maximum atomic E-state index is 13.5. The topological polar surface area (TPSA) is 46.2 Å². The van der Waals surface area contributed by atoms with Gasteiger partial charge in [0.05, 0.1) is 4.90 Å². The molecule has 22 heavy (non-hydrogen) atoms. The number of halogens is 2. The molecule has 0 aliphatic heterocycles. The van der Waals surface area contributed by atoms with E-state index < -0.39 is 27.3 Å². The van der Waals surface area contributed by atoms with E-state index in [1.807, 2.05) is 18.6 Å². The Morgan fingerprint density at radius 3 is 2.09 bits per heavy atom. The molecule has 0 aromatic heterocycles. The molecule has 0 saturated carbocycles. The predicted octanol–water partition coefficient (Wildman–Crippen LogP) is 4.28. The highest BCUT2D eigenvalue weighted by Gasteiger charge is 2.19. The van der Waals surface area contributed by atoms with E-state index in [9.17, 15) is 17.2 Å². The molecule has 1 atom stereocenters. The van der Waals surface area contributed by atoms with Crippen molar-refractivity contribution < 1.29 is 17.2 Å². The minimum absolute atomic E-state index is 0.0396. The van der Waals surface area contributed by atoms with Crippen LogP contribution in [-0.2, 0) is 10.0 Å². The monoisotopic (exact) mass is 325 g/mol. The lowest BCUT2D eigenvalue weighted by molar-refractivity contribution is 0.583. The van der Waals surface area contributed by atoms with Gasteiger partial charge in [0.15, 0.2) is 0 Å². The fourth-order valence-corrected chi connectivity index (χ4v) is 3.08. The number of benzene rings is 2. The quantitative estimate of drug-likeness (QED) is 0.892. The Morgan fingerprint density at radius 2 is 1.59 bits per heavy atom.